The Morgan fingerprint density at radius 1 is 1.56 bits per heavy atom. The number of benzene rings is 1. The molecule has 1 amide bonds. The summed E-state index contributed by atoms with van der Waals surface area (Å²) in [6, 6.07) is 5.77. The zero-order valence-corrected chi connectivity index (χ0v) is 11.9. The highest BCUT2D eigenvalue weighted by Gasteiger charge is 2.21. The second-order valence-electron chi connectivity index (χ2n) is 4.32. The number of ether oxygens (including phenoxy) is 1. The molecule has 5 heteroatoms. The summed E-state index contributed by atoms with van der Waals surface area (Å²) in [6.45, 7) is 1.46. The fraction of sp³-hybridized carbons (Fsp3) is 0.462. The van der Waals surface area contributed by atoms with Crippen LogP contribution in [0.3, 0.4) is 0 Å². The highest BCUT2D eigenvalue weighted by molar-refractivity contribution is 9.10. The average molecular weight is 313 g/mol. The second-order valence-corrected chi connectivity index (χ2v) is 5.18. The molecule has 0 aliphatic carbocycles. The summed E-state index contributed by atoms with van der Waals surface area (Å²) in [6.07, 6.45) is 1.94. The fourth-order valence-corrected chi connectivity index (χ4v) is 2.50. The topological polar surface area (TPSA) is 50.4 Å². The largest absolute Gasteiger partial charge is 0.497 e. The van der Waals surface area contributed by atoms with E-state index in [0.717, 1.165) is 35.2 Å². The predicted molar refractivity (Wildman–Crippen MR) is 73.6 cm³/mol. The fourth-order valence-electron chi connectivity index (χ4n) is 2.00. The standard InChI is InChI=1S/C13H17BrN2O2/c1-18-10-5-4-9(11(14)7-10)8-16-12-3-2-6-15-13(12)17/h4-5,7,12,16H,2-3,6,8H2,1H3,(H,15,17). The summed E-state index contributed by atoms with van der Waals surface area (Å²) < 4.78 is 6.14. The number of rotatable bonds is 4. The average Bonchev–Trinajstić information content (AvgIpc) is 2.39. The van der Waals surface area contributed by atoms with Gasteiger partial charge >= 0.3 is 0 Å². The van der Waals surface area contributed by atoms with Crippen LogP contribution in [0, 0.1) is 0 Å². The van der Waals surface area contributed by atoms with Crippen LogP contribution in [-0.2, 0) is 11.3 Å². The summed E-state index contributed by atoms with van der Waals surface area (Å²) in [7, 11) is 1.64. The van der Waals surface area contributed by atoms with Gasteiger partial charge in [0.25, 0.3) is 0 Å². The number of hydrogen-bond acceptors (Lipinski definition) is 3. The smallest absolute Gasteiger partial charge is 0.237 e. The van der Waals surface area contributed by atoms with Crippen LogP contribution in [0.1, 0.15) is 18.4 Å². The normalized spacial score (nSPS) is 19.4. The Kier molecular flexibility index (Phi) is 4.60. The molecule has 2 rings (SSSR count). The number of hydrogen-bond donors (Lipinski definition) is 2. The second kappa shape index (κ2) is 6.20. The van der Waals surface area contributed by atoms with Crippen LogP contribution in [0.25, 0.3) is 0 Å². The minimum absolute atomic E-state index is 0.0762. The lowest BCUT2D eigenvalue weighted by Crippen LogP contribution is -2.47. The van der Waals surface area contributed by atoms with Crippen LogP contribution in [0.5, 0.6) is 5.75 Å². The highest BCUT2D eigenvalue weighted by Crippen LogP contribution is 2.23. The van der Waals surface area contributed by atoms with Crippen molar-refractivity contribution in [1.82, 2.24) is 10.6 Å². The first-order valence-corrected chi connectivity index (χ1v) is 6.83. The number of methoxy groups -OCH3 is 1. The van der Waals surface area contributed by atoms with Gasteiger partial charge in [0, 0.05) is 17.6 Å². The van der Waals surface area contributed by atoms with Crippen molar-refractivity contribution >= 4 is 21.8 Å². The quantitative estimate of drug-likeness (QED) is 0.891. The van der Waals surface area contributed by atoms with Crippen LogP contribution in [0.15, 0.2) is 22.7 Å². The van der Waals surface area contributed by atoms with E-state index in [9.17, 15) is 4.79 Å². The third kappa shape index (κ3) is 3.23. The van der Waals surface area contributed by atoms with Crippen LogP contribution in [0.4, 0.5) is 0 Å². The molecule has 0 spiro atoms. The molecule has 0 bridgehead atoms. The molecular weight excluding hydrogens is 296 g/mol. The van der Waals surface area contributed by atoms with E-state index in [1.54, 1.807) is 7.11 Å². The van der Waals surface area contributed by atoms with Crippen molar-refractivity contribution in [1.29, 1.82) is 0 Å². The van der Waals surface area contributed by atoms with E-state index < -0.39 is 0 Å². The highest BCUT2D eigenvalue weighted by atomic mass is 79.9. The van der Waals surface area contributed by atoms with E-state index in [1.807, 2.05) is 18.2 Å². The van der Waals surface area contributed by atoms with E-state index in [1.165, 1.54) is 0 Å². The number of amides is 1. The molecule has 0 saturated carbocycles. The van der Waals surface area contributed by atoms with Gasteiger partial charge < -0.3 is 15.4 Å². The number of halogens is 1. The lowest BCUT2D eigenvalue weighted by atomic mass is 10.1. The minimum atomic E-state index is -0.0762. The van der Waals surface area contributed by atoms with Crippen LogP contribution in [-0.4, -0.2) is 25.6 Å². The van der Waals surface area contributed by atoms with E-state index in [2.05, 4.69) is 26.6 Å². The Bertz CT molecular complexity index is 437. The van der Waals surface area contributed by atoms with Gasteiger partial charge in [0.2, 0.25) is 5.91 Å². The Labute approximate surface area is 115 Å². The first-order valence-electron chi connectivity index (χ1n) is 6.04. The Balaban J connectivity index is 1.95. The molecule has 0 radical (unpaired) electrons. The van der Waals surface area contributed by atoms with E-state index in [0.29, 0.717) is 6.54 Å². The Morgan fingerprint density at radius 3 is 3.06 bits per heavy atom. The zero-order valence-electron chi connectivity index (χ0n) is 10.3. The van der Waals surface area contributed by atoms with Gasteiger partial charge in [0.15, 0.2) is 0 Å². The molecule has 0 aromatic heterocycles. The molecule has 4 nitrogen and oxygen atoms in total. The molecule has 1 atom stereocenters. The van der Waals surface area contributed by atoms with Gasteiger partial charge in [0.1, 0.15) is 5.75 Å². The third-order valence-corrected chi connectivity index (χ3v) is 3.82. The van der Waals surface area contributed by atoms with E-state index in [4.69, 9.17) is 4.74 Å². The van der Waals surface area contributed by atoms with Gasteiger partial charge in [-0.2, -0.15) is 0 Å². The summed E-state index contributed by atoms with van der Waals surface area (Å²) >= 11 is 3.51. The maximum atomic E-state index is 11.6. The lowest BCUT2D eigenvalue weighted by molar-refractivity contribution is -0.124. The van der Waals surface area contributed by atoms with Crippen LogP contribution < -0.4 is 15.4 Å². The Hall–Kier alpha value is -1.07. The van der Waals surface area contributed by atoms with Crippen molar-refractivity contribution in [3.63, 3.8) is 0 Å². The van der Waals surface area contributed by atoms with Gasteiger partial charge in [-0.15, -0.1) is 0 Å². The summed E-state index contributed by atoms with van der Waals surface area (Å²) in [5, 5.41) is 6.15. The molecule has 98 valence electrons. The van der Waals surface area contributed by atoms with Crippen molar-refractivity contribution < 1.29 is 9.53 Å². The first-order chi connectivity index (χ1) is 8.70. The van der Waals surface area contributed by atoms with E-state index in [-0.39, 0.29) is 11.9 Å². The van der Waals surface area contributed by atoms with Crippen molar-refractivity contribution in [2.75, 3.05) is 13.7 Å². The molecule has 1 aliphatic rings. The first kappa shape index (κ1) is 13.4. The number of nitrogens with one attached hydrogen (secondary N) is 2. The molecule has 1 saturated heterocycles. The van der Waals surface area contributed by atoms with Gasteiger partial charge in [-0.25, -0.2) is 0 Å². The molecule has 1 aliphatic heterocycles. The lowest BCUT2D eigenvalue weighted by Gasteiger charge is -2.23. The summed E-state index contributed by atoms with van der Waals surface area (Å²) in [5.74, 6) is 0.923. The van der Waals surface area contributed by atoms with Crippen molar-refractivity contribution in [2.45, 2.75) is 25.4 Å². The number of carbonyl (C=O) groups excluding carboxylic acids is 1. The monoisotopic (exact) mass is 312 g/mol. The van der Waals surface area contributed by atoms with Crippen LogP contribution >= 0.6 is 15.9 Å². The van der Waals surface area contributed by atoms with Gasteiger partial charge in [-0.3, -0.25) is 4.79 Å². The maximum Gasteiger partial charge on any atom is 0.237 e. The predicted octanol–water partition coefficient (Wildman–Crippen LogP) is 1.83. The molecule has 1 heterocycles. The minimum Gasteiger partial charge on any atom is -0.497 e. The van der Waals surface area contributed by atoms with Crippen molar-refractivity contribution in [3.8, 4) is 5.75 Å². The molecule has 1 unspecified atom stereocenters. The third-order valence-electron chi connectivity index (χ3n) is 3.08. The number of carbonyl (C=O) groups is 1. The molecule has 2 N–H and O–H groups in total. The van der Waals surface area contributed by atoms with Gasteiger partial charge in [-0.05, 0) is 30.5 Å². The zero-order chi connectivity index (χ0) is 13.0. The van der Waals surface area contributed by atoms with Crippen LogP contribution in [0.2, 0.25) is 0 Å². The Morgan fingerprint density at radius 2 is 2.39 bits per heavy atom. The summed E-state index contributed by atoms with van der Waals surface area (Å²) in [4.78, 5) is 11.6. The maximum absolute atomic E-state index is 11.6. The molecule has 18 heavy (non-hydrogen) atoms. The van der Waals surface area contributed by atoms with E-state index >= 15 is 0 Å². The van der Waals surface area contributed by atoms with Crippen molar-refractivity contribution in [2.24, 2.45) is 0 Å². The summed E-state index contributed by atoms with van der Waals surface area (Å²) in [5.41, 5.74) is 1.12. The molecule has 1 aromatic rings. The molecular formula is C13H17BrN2O2. The molecule has 1 aromatic carbocycles. The number of piperidine rings is 1. The molecule has 1 fully saturated rings. The van der Waals surface area contributed by atoms with Gasteiger partial charge in [-0.1, -0.05) is 22.0 Å². The SMILES string of the molecule is COc1ccc(CNC2CCCNC2=O)c(Br)c1. The van der Waals surface area contributed by atoms with Crippen molar-refractivity contribution in [3.05, 3.63) is 28.2 Å². The van der Waals surface area contributed by atoms with Gasteiger partial charge in [0.05, 0.1) is 13.2 Å².